The third kappa shape index (κ3) is 4.69. The fraction of sp³-hybridized carbons (Fsp3) is 0.348. The Labute approximate surface area is 181 Å². The summed E-state index contributed by atoms with van der Waals surface area (Å²) in [5, 5.41) is 5.71. The number of nitrogens with zero attached hydrogens (tertiary/aromatic N) is 3. The summed E-state index contributed by atoms with van der Waals surface area (Å²) >= 11 is 0. The van der Waals surface area contributed by atoms with Gasteiger partial charge in [0.25, 0.3) is 0 Å². The second-order valence-electron chi connectivity index (χ2n) is 7.78. The predicted molar refractivity (Wildman–Crippen MR) is 118 cm³/mol. The normalized spacial score (nSPS) is 19.6. The van der Waals surface area contributed by atoms with Gasteiger partial charge >= 0.3 is 12.0 Å². The number of piperazine rings is 1. The van der Waals surface area contributed by atoms with E-state index >= 15 is 0 Å². The van der Waals surface area contributed by atoms with Crippen molar-refractivity contribution in [2.45, 2.75) is 13.0 Å². The molecule has 2 N–H and O–H groups in total. The summed E-state index contributed by atoms with van der Waals surface area (Å²) in [5.41, 5.74) is 2.99. The highest BCUT2D eigenvalue weighted by Gasteiger charge is 2.34. The van der Waals surface area contributed by atoms with Crippen LogP contribution in [0.1, 0.15) is 17.2 Å². The average Bonchev–Trinajstić information content (AvgIpc) is 2.80. The van der Waals surface area contributed by atoms with Gasteiger partial charge in [0, 0.05) is 44.6 Å². The second kappa shape index (κ2) is 9.18. The smallest absolute Gasteiger partial charge is 0.338 e. The monoisotopic (exact) mass is 421 g/mol. The van der Waals surface area contributed by atoms with Gasteiger partial charge in [-0.3, -0.25) is 4.90 Å². The van der Waals surface area contributed by atoms with Crippen LogP contribution in [0.3, 0.4) is 0 Å². The number of hydrogen-bond donors (Lipinski definition) is 2. The largest absolute Gasteiger partial charge is 0.466 e. The number of urea groups is 1. The number of anilines is 1. The number of rotatable bonds is 5. The predicted octanol–water partition coefficient (Wildman–Crippen LogP) is 1.99. The summed E-state index contributed by atoms with van der Waals surface area (Å²) in [6, 6.07) is 12.8. The molecule has 3 heterocycles. The first-order chi connectivity index (χ1) is 15.0. The van der Waals surface area contributed by atoms with E-state index in [9.17, 15) is 9.59 Å². The fourth-order valence-electron chi connectivity index (χ4n) is 4.00. The van der Waals surface area contributed by atoms with Gasteiger partial charge in [0.1, 0.15) is 5.82 Å². The van der Waals surface area contributed by atoms with Gasteiger partial charge in [0.2, 0.25) is 0 Å². The van der Waals surface area contributed by atoms with Gasteiger partial charge in [-0.2, -0.15) is 0 Å². The molecule has 31 heavy (non-hydrogen) atoms. The molecule has 8 nitrogen and oxygen atoms in total. The molecule has 1 fully saturated rings. The Kier molecular flexibility index (Phi) is 6.18. The lowest BCUT2D eigenvalue weighted by atomic mass is 9.94. The molecule has 2 aromatic rings. The molecule has 0 saturated carbocycles. The summed E-state index contributed by atoms with van der Waals surface area (Å²) in [5.74, 6) is 0.520. The molecule has 8 heteroatoms. The first-order valence-corrected chi connectivity index (χ1v) is 10.4. The van der Waals surface area contributed by atoms with E-state index in [0.717, 1.165) is 43.1 Å². The van der Waals surface area contributed by atoms with Crippen molar-refractivity contribution in [3.8, 4) is 0 Å². The molecule has 1 aromatic carbocycles. The van der Waals surface area contributed by atoms with Gasteiger partial charge in [-0.05, 0) is 24.6 Å². The molecule has 4 rings (SSSR count). The van der Waals surface area contributed by atoms with E-state index in [1.807, 2.05) is 49.4 Å². The number of ether oxygens (including phenoxy) is 1. The maximum atomic E-state index is 12.7. The summed E-state index contributed by atoms with van der Waals surface area (Å²) < 4.78 is 5.07. The van der Waals surface area contributed by atoms with E-state index < -0.39 is 12.0 Å². The van der Waals surface area contributed by atoms with Crippen LogP contribution in [0.5, 0.6) is 0 Å². The fourth-order valence-corrected chi connectivity index (χ4v) is 4.00. The maximum Gasteiger partial charge on any atom is 0.338 e. The second-order valence-corrected chi connectivity index (χ2v) is 7.78. The highest BCUT2D eigenvalue weighted by Crippen LogP contribution is 2.28. The van der Waals surface area contributed by atoms with E-state index in [1.54, 1.807) is 6.20 Å². The number of benzene rings is 1. The zero-order valence-electron chi connectivity index (χ0n) is 17.8. The average molecular weight is 422 g/mol. The van der Waals surface area contributed by atoms with E-state index in [-0.39, 0.29) is 6.03 Å². The number of carbonyl (C=O) groups is 2. The number of nitrogens with one attached hydrogen (secondary N) is 2. The zero-order chi connectivity index (χ0) is 21.8. The topological polar surface area (TPSA) is 86.8 Å². The van der Waals surface area contributed by atoms with Gasteiger partial charge in [0.15, 0.2) is 0 Å². The van der Waals surface area contributed by atoms with Gasteiger partial charge in [-0.1, -0.05) is 35.9 Å². The standard InChI is InChI=1S/C23H27N5O3/c1-16-6-8-17(9-7-16)21-20(22(29)31-2)18(25-23(30)26-21)15-27-11-13-28(14-12-27)19-5-3-4-10-24-19/h3-10,21H,11-15H2,1-2H3,(H2,25,26,30). The van der Waals surface area contributed by atoms with Crippen LogP contribution in [0.4, 0.5) is 10.6 Å². The van der Waals surface area contributed by atoms with Gasteiger partial charge < -0.3 is 20.3 Å². The third-order valence-electron chi connectivity index (χ3n) is 5.70. The Balaban J connectivity index is 1.54. The number of esters is 1. The molecule has 1 unspecified atom stereocenters. The van der Waals surface area contributed by atoms with Crippen molar-refractivity contribution in [3.63, 3.8) is 0 Å². The number of aryl methyl sites for hydroxylation is 1. The summed E-state index contributed by atoms with van der Waals surface area (Å²) in [7, 11) is 1.36. The van der Waals surface area contributed by atoms with Crippen molar-refractivity contribution >= 4 is 17.8 Å². The summed E-state index contributed by atoms with van der Waals surface area (Å²) in [4.78, 5) is 34.0. The van der Waals surface area contributed by atoms with Crippen LogP contribution in [-0.4, -0.2) is 61.7 Å². The van der Waals surface area contributed by atoms with Crippen LogP contribution in [0.25, 0.3) is 0 Å². The molecule has 1 saturated heterocycles. The Morgan fingerprint density at radius 2 is 1.87 bits per heavy atom. The highest BCUT2D eigenvalue weighted by atomic mass is 16.5. The molecule has 0 radical (unpaired) electrons. The van der Waals surface area contributed by atoms with Gasteiger partial charge in [-0.15, -0.1) is 0 Å². The Bertz CT molecular complexity index is 966. The first-order valence-electron chi connectivity index (χ1n) is 10.4. The van der Waals surface area contributed by atoms with Crippen LogP contribution in [0.2, 0.25) is 0 Å². The molecule has 2 aliphatic heterocycles. The molecule has 1 atom stereocenters. The minimum Gasteiger partial charge on any atom is -0.466 e. The van der Waals surface area contributed by atoms with E-state index in [4.69, 9.17) is 4.74 Å². The van der Waals surface area contributed by atoms with Crippen LogP contribution in [0.15, 0.2) is 59.9 Å². The van der Waals surface area contributed by atoms with Crippen LogP contribution in [-0.2, 0) is 9.53 Å². The number of methoxy groups -OCH3 is 1. The zero-order valence-corrected chi connectivity index (χ0v) is 17.8. The SMILES string of the molecule is COC(=O)C1=C(CN2CCN(c3ccccn3)CC2)NC(=O)NC1c1ccc(C)cc1. The summed E-state index contributed by atoms with van der Waals surface area (Å²) in [6.45, 7) is 5.71. The Morgan fingerprint density at radius 1 is 1.13 bits per heavy atom. The lowest BCUT2D eigenvalue weighted by molar-refractivity contribution is -0.136. The number of carbonyl (C=O) groups excluding carboxylic acids is 2. The van der Waals surface area contributed by atoms with Crippen molar-refractivity contribution in [2.24, 2.45) is 0 Å². The number of hydrogen-bond acceptors (Lipinski definition) is 6. The van der Waals surface area contributed by atoms with E-state index in [2.05, 4.69) is 25.4 Å². The van der Waals surface area contributed by atoms with Crippen molar-refractivity contribution in [2.75, 3.05) is 44.7 Å². The first kappa shape index (κ1) is 20.9. The quantitative estimate of drug-likeness (QED) is 0.718. The molecule has 2 aliphatic rings. The highest BCUT2D eigenvalue weighted by molar-refractivity contribution is 5.95. The number of aromatic nitrogens is 1. The van der Waals surface area contributed by atoms with E-state index in [1.165, 1.54) is 7.11 Å². The molecular weight excluding hydrogens is 394 g/mol. The van der Waals surface area contributed by atoms with Crippen molar-refractivity contribution in [3.05, 3.63) is 71.1 Å². The minimum absolute atomic E-state index is 0.319. The van der Waals surface area contributed by atoms with Crippen molar-refractivity contribution < 1.29 is 14.3 Å². The molecule has 162 valence electrons. The molecule has 0 bridgehead atoms. The Morgan fingerprint density at radius 3 is 2.52 bits per heavy atom. The molecule has 2 amide bonds. The van der Waals surface area contributed by atoms with Crippen LogP contribution >= 0.6 is 0 Å². The number of amides is 2. The van der Waals surface area contributed by atoms with Crippen LogP contribution in [0, 0.1) is 6.92 Å². The Hall–Kier alpha value is -3.39. The lowest BCUT2D eigenvalue weighted by Gasteiger charge is -2.37. The summed E-state index contributed by atoms with van der Waals surface area (Å²) in [6.07, 6.45) is 1.80. The molecular formula is C23H27N5O3. The van der Waals surface area contributed by atoms with Crippen LogP contribution < -0.4 is 15.5 Å². The minimum atomic E-state index is -0.549. The van der Waals surface area contributed by atoms with E-state index in [0.29, 0.717) is 17.8 Å². The number of pyridine rings is 1. The van der Waals surface area contributed by atoms with Gasteiger partial charge in [-0.25, -0.2) is 14.6 Å². The molecule has 1 aromatic heterocycles. The van der Waals surface area contributed by atoms with Crippen molar-refractivity contribution in [1.82, 2.24) is 20.5 Å². The molecule has 0 aliphatic carbocycles. The third-order valence-corrected chi connectivity index (χ3v) is 5.70. The van der Waals surface area contributed by atoms with Gasteiger partial charge in [0.05, 0.1) is 18.7 Å². The van der Waals surface area contributed by atoms with Crippen molar-refractivity contribution in [1.29, 1.82) is 0 Å². The lowest BCUT2D eigenvalue weighted by Crippen LogP contribution is -2.51. The molecule has 0 spiro atoms. The maximum absolute atomic E-state index is 12.7.